The molecule has 0 spiro atoms. The molecule has 1 aromatic heterocycles. The molecule has 0 saturated heterocycles. The third-order valence-electron chi connectivity index (χ3n) is 0.881. The maximum absolute atomic E-state index is 10.1. The summed E-state index contributed by atoms with van der Waals surface area (Å²) in [6, 6.07) is 3.27. The van der Waals surface area contributed by atoms with E-state index < -0.39 is 0 Å². The number of hydrazine groups is 1. The van der Waals surface area contributed by atoms with Crippen LogP contribution in [0.1, 0.15) is 0 Å². The van der Waals surface area contributed by atoms with E-state index in [1.165, 1.54) is 6.20 Å². The Bertz CT molecular complexity index is 216. The zero-order valence-electron chi connectivity index (χ0n) is 5.01. The van der Waals surface area contributed by atoms with Crippen LogP contribution in [0, 0.1) is 0 Å². The number of hydrogen-bond acceptors (Lipinski definition) is 4. The van der Waals surface area contributed by atoms with E-state index in [2.05, 4.69) is 10.2 Å². The molecule has 0 aliphatic heterocycles. The highest BCUT2D eigenvalue weighted by atomic mass is 31.1. The van der Waals surface area contributed by atoms with E-state index in [9.17, 15) is 4.57 Å². The van der Waals surface area contributed by atoms with E-state index in [4.69, 9.17) is 5.84 Å². The number of aromatic nitrogens is 2. The van der Waals surface area contributed by atoms with Crippen LogP contribution >= 0.6 is 8.61 Å². The Balaban J connectivity index is 2.84. The van der Waals surface area contributed by atoms with E-state index in [1.54, 1.807) is 12.1 Å². The fourth-order valence-corrected chi connectivity index (χ4v) is 0.648. The summed E-state index contributed by atoms with van der Waals surface area (Å²) in [5.74, 6) is 5.57. The predicted molar refractivity (Wildman–Crippen MR) is 36.3 cm³/mol. The maximum Gasteiger partial charge on any atom is 0.299 e. The Morgan fingerprint density at radius 2 is 2.50 bits per heavy atom. The summed E-state index contributed by atoms with van der Waals surface area (Å²) >= 11 is 0. The highest BCUT2D eigenvalue weighted by Crippen LogP contribution is 2.09. The fraction of sp³-hybridized carbons (Fsp3) is 0. The van der Waals surface area contributed by atoms with Crippen molar-refractivity contribution in [3.63, 3.8) is 0 Å². The summed E-state index contributed by atoms with van der Waals surface area (Å²) in [6.45, 7) is 0. The lowest BCUT2D eigenvalue weighted by Gasteiger charge is -2.03. The molecular weight excluding hydrogens is 151 g/mol. The highest BCUT2D eigenvalue weighted by Gasteiger charge is 1.98. The average Bonchev–Trinajstić information content (AvgIpc) is 2.05. The molecule has 2 N–H and O–H groups in total. The van der Waals surface area contributed by atoms with Crippen molar-refractivity contribution in [2.24, 2.45) is 5.84 Å². The van der Waals surface area contributed by atoms with Gasteiger partial charge in [-0.05, 0) is 12.1 Å². The Morgan fingerprint density at radius 1 is 1.70 bits per heavy atom. The first-order valence-electron chi connectivity index (χ1n) is 2.50. The van der Waals surface area contributed by atoms with Gasteiger partial charge in [0, 0.05) is 6.20 Å². The van der Waals surface area contributed by atoms with Crippen molar-refractivity contribution >= 4 is 14.4 Å². The topological polar surface area (TPSA) is 72.1 Å². The second kappa shape index (κ2) is 3.20. The molecule has 52 valence electrons. The predicted octanol–water partition coefficient (Wildman–Crippen LogP) is 0.363. The van der Waals surface area contributed by atoms with Gasteiger partial charge in [-0.15, -0.1) is 5.10 Å². The first kappa shape index (κ1) is 7.05. The van der Waals surface area contributed by atoms with Crippen LogP contribution in [0.2, 0.25) is 0 Å². The minimum atomic E-state index is -0.298. The van der Waals surface area contributed by atoms with Crippen LogP contribution in [0.25, 0.3) is 0 Å². The summed E-state index contributed by atoms with van der Waals surface area (Å²) < 4.78 is 11.1. The van der Waals surface area contributed by atoms with Crippen molar-refractivity contribution < 1.29 is 4.57 Å². The standard InChI is InChI=1S/C4H5N4OP/c5-8(10-9)4-2-1-3-6-7-4/h1-3H,5H2. The van der Waals surface area contributed by atoms with Crippen LogP contribution in [-0.4, -0.2) is 10.2 Å². The van der Waals surface area contributed by atoms with Crippen LogP contribution in [0.3, 0.4) is 0 Å². The van der Waals surface area contributed by atoms with Crippen LogP contribution < -0.4 is 10.6 Å². The number of anilines is 1. The SMILES string of the molecule is NN(P=O)c1cccnn1. The molecule has 1 rings (SSSR count). The van der Waals surface area contributed by atoms with Gasteiger partial charge < -0.3 is 0 Å². The number of nitrogens with two attached hydrogens (primary N) is 1. The first-order valence-corrected chi connectivity index (χ1v) is 3.27. The van der Waals surface area contributed by atoms with Gasteiger partial charge in [-0.2, -0.15) is 5.10 Å². The second-order valence-corrected chi connectivity index (χ2v) is 2.10. The molecule has 1 heterocycles. The maximum atomic E-state index is 10.1. The van der Waals surface area contributed by atoms with Crippen molar-refractivity contribution in [1.29, 1.82) is 0 Å². The van der Waals surface area contributed by atoms with Crippen LogP contribution in [0.5, 0.6) is 0 Å². The molecule has 5 nitrogen and oxygen atoms in total. The molecule has 10 heavy (non-hydrogen) atoms. The third kappa shape index (κ3) is 1.46. The minimum Gasteiger partial charge on any atom is -0.247 e. The molecule has 0 bridgehead atoms. The molecule has 0 radical (unpaired) electrons. The molecule has 0 aliphatic carbocycles. The molecule has 0 aromatic carbocycles. The lowest BCUT2D eigenvalue weighted by molar-refractivity contribution is 0.596. The number of nitrogens with zero attached hydrogens (tertiary/aromatic N) is 3. The van der Waals surface area contributed by atoms with Crippen molar-refractivity contribution in [2.45, 2.75) is 0 Å². The van der Waals surface area contributed by atoms with E-state index in [1.807, 2.05) is 0 Å². The van der Waals surface area contributed by atoms with Gasteiger partial charge in [0.15, 0.2) is 5.82 Å². The van der Waals surface area contributed by atoms with Gasteiger partial charge in [-0.3, -0.25) is 0 Å². The van der Waals surface area contributed by atoms with Crippen LogP contribution in [-0.2, 0) is 4.57 Å². The van der Waals surface area contributed by atoms with Gasteiger partial charge in [0.05, 0.1) is 0 Å². The molecular formula is C4H5N4OP. The number of rotatable bonds is 2. The molecule has 0 aliphatic rings. The van der Waals surface area contributed by atoms with Crippen LogP contribution in [0.15, 0.2) is 18.3 Å². The number of hydrogen-bond donors (Lipinski definition) is 1. The lowest BCUT2D eigenvalue weighted by atomic mass is 10.5. The molecule has 1 aromatic rings. The molecule has 6 heteroatoms. The third-order valence-corrected chi connectivity index (χ3v) is 1.26. The molecule has 0 fully saturated rings. The van der Waals surface area contributed by atoms with Gasteiger partial charge >= 0.3 is 0 Å². The highest BCUT2D eigenvalue weighted by molar-refractivity contribution is 7.25. The van der Waals surface area contributed by atoms with Crippen molar-refractivity contribution in [2.75, 3.05) is 4.78 Å². The molecule has 0 saturated carbocycles. The Kier molecular flexibility index (Phi) is 2.25. The quantitative estimate of drug-likeness (QED) is 0.380. The summed E-state index contributed by atoms with van der Waals surface area (Å²) in [5, 5.41) is 7.13. The molecule has 0 unspecified atom stereocenters. The smallest absolute Gasteiger partial charge is 0.247 e. The van der Waals surface area contributed by atoms with E-state index in [0.29, 0.717) is 5.82 Å². The first-order chi connectivity index (χ1) is 4.84. The van der Waals surface area contributed by atoms with Crippen molar-refractivity contribution in [3.8, 4) is 0 Å². The van der Waals surface area contributed by atoms with E-state index >= 15 is 0 Å². The van der Waals surface area contributed by atoms with Crippen molar-refractivity contribution in [3.05, 3.63) is 18.3 Å². The largest absolute Gasteiger partial charge is 0.299 e. The van der Waals surface area contributed by atoms with E-state index in [0.717, 1.165) is 4.78 Å². The van der Waals surface area contributed by atoms with Gasteiger partial charge in [-0.25, -0.2) is 15.2 Å². The monoisotopic (exact) mass is 156 g/mol. The summed E-state index contributed by atoms with van der Waals surface area (Å²) in [6.07, 6.45) is 1.51. The molecule has 0 amide bonds. The van der Waals surface area contributed by atoms with E-state index in [-0.39, 0.29) is 8.61 Å². The minimum absolute atomic E-state index is 0.298. The zero-order valence-corrected chi connectivity index (χ0v) is 5.90. The summed E-state index contributed by atoms with van der Waals surface area (Å²) in [5.41, 5.74) is 0. The summed E-state index contributed by atoms with van der Waals surface area (Å²) in [7, 11) is -0.298. The Labute approximate surface area is 59.1 Å². The lowest BCUT2D eigenvalue weighted by Crippen LogP contribution is -2.19. The second-order valence-electron chi connectivity index (χ2n) is 1.51. The molecule has 0 atom stereocenters. The fourth-order valence-electron chi connectivity index (χ4n) is 0.457. The Morgan fingerprint density at radius 3 is 3.00 bits per heavy atom. The van der Waals surface area contributed by atoms with Gasteiger partial charge in [0.1, 0.15) is 0 Å². The average molecular weight is 156 g/mol. The van der Waals surface area contributed by atoms with Gasteiger partial charge in [-0.1, -0.05) is 0 Å². The normalized spacial score (nSPS) is 9.70. The Hall–Kier alpha value is -1.06. The van der Waals surface area contributed by atoms with Gasteiger partial charge in [0.2, 0.25) is 0 Å². The van der Waals surface area contributed by atoms with Crippen molar-refractivity contribution in [1.82, 2.24) is 10.2 Å². The van der Waals surface area contributed by atoms with Gasteiger partial charge in [0.25, 0.3) is 8.61 Å². The zero-order chi connectivity index (χ0) is 7.40. The van der Waals surface area contributed by atoms with Crippen LogP contribution in [0.4, 0.5) is 5.82 Å². The summed E-state index contributed by atoms with van der Waals surface area (Å²) in [4.78, 5) is 0.